The van der Waals surface area contributed by atoms with Crippen LogP contribution in [0.25, 0.3) is 10.8 Å². The molecule has 0 radical (unpaired) electrons. The molecule has 3 rings (SSSR count). The lowest BCUT2D eigenvalue weighted by Crippen LogP contribution is -2.24. The van der Waals surface area contributed by atoms with Crippen LogP contribution in [0.15, 0.2) is 54.9 Å². The van der Waals surface area contributed by atoms with Crippen molar-refractivity contribution in [3.8, 4) is 0 Å². The summed E-state index contributed by atoms with van der Waals surface area (Å²) < 4.78 is 0. The third-order valence-corrected chi connectivity index (χ3v) is 3.18. The Balaban J connectivity index is 1.81. The molecule has 0 unspecified atom stereocenters. The van der Waals surface area contributed by atoms with Gasteiger partial charge in [-0.3, -0.25) is 9.78 Å². The Kier molecular flexibility index (Phi) is 3.47. The summed E-state index contributed by atoms with van der Waals surface area (Å²) in [4.78, 5) is 20.3. The van der Waals surface area contributed by atoms with Crippen LogP contribution in [0.3, 0.4) is 0 Å². The smallest absolute Gasteiger partial charge is 0.270 e. The minimum Gasteiger partial charge on any atom is -0.383 e. The number of aromatic nitrogens is 2. The third-order valence-electron chi connectivity index (χ3n) is 3.18. The van der Waals surface area contributed by atoms with Gasteiger partial charge < -0.3 is 11.1 Å². The summed E-state index contributed by atoms with van der Waals surface area (Å²) in [6.45, 7) is 0.404. The van der Waals surface area contributed by atoms with Crippen molar-refractivity contribution in [3.63, 3.8) is 0 Å². The number of nitrogens with one attached hydrogen (secondary N) is 1. The van der Waals surface area contributed by atoms with Gasteiger partial charge in [0.25, 0.3) is 5.91 Å². The average molecular weight is 278 g/mol. The minimum atomic E-state index is -0.253. The molecule has 3 N–H and O–H groups in total. The van der Waals surface area contributed by atoms with Gasteiger partial charge in [-0.1, -0.05) is 30.3 Å². The van der Waals surface area contributed by atoms with Crippen LogP contribution in [0.4, 0.5) is 5.82 Å². The van der Waals surface area contributed by atoms with Crippen LogP contribution in [0.1, 0.15) is 16.1 Å². The van der Waals surface area contributed by atoms with Gasteiger partial charge in [-0.05, 0) is 23.1 Å². The van der Waals surface area contributed by atoms with E-state index in [1.165, 1.54) is 0 Å². The van der Waals surface area contributed by atoms with E-state index in [0.717, 1.165) is 16.3 Å². The number of nitrogens with zero attached hydrogens (tertiary/aromatic N) is 2. The van der Waals surface area contributed by atoms with Gasteiger partial charge in [0.2, 0.25) is 0 Å². The van der Waals surface area contributed by atoms with Crippen LogP contribution in [0, 0.1) is 0 Å². The summed E-state index contributed by atoms with van der Waals surface area (Å²) in [5, 5.41) is 4.56. The highest BCUT2D eigenvalue weighted by atomic mass is 16.1. The lowest BCUT2D eigenvalue weighted by molar-refractivity contribution is 0.0946. The Morgan fingerprint density at radius 1 is 1.19 bits per heavy atom. The molecule has 0 aliphatic carbocycles. The van der Waals surface area contributed by atoms with E-state index in [-0.39, 0.29) is 5.91 Å². The summed E-state index contributed by atoms with van der Waals surface area (Å²) in [7, 11) is 0. The van der Waals surface area contributed by atoms with Gasteiger partial charge in [0.1, 0.15) is 11.5 Å². The van der Waals surface area contributed by atoms with Crippen molar-refractivity contribution in [3.05, 3.63) is 66.1 Å². The lowest BCUT2D eigenvalue weighted by Gasteiger charge is -2.07. The van der Waals surface area contributed by atoms with Gasteiger partial charge in [0.15, 0.2) is 0 Å². The number of benzene rings is 1. The van der Waals surface area contributed by atoms with Crippen molar-refractivity contribution in [1.82, 2.24) is 15.3 Å². The van der Waals surface area contributed by atoms with Crippen molar-refractivity contribution in [2.24, 2.45) is 0 Å². The maximum absolute atomic E-state index is 12.2. The fraction of sp³-hybridized carbons (Fsp3) is 0.0625. The van der Waals surface area contributed by atoms with Crippen molar-refractivity contribution in [2.45, 2.75) is 6.54 Å². The highest BCUT2D eigenvalue weighted by Gasteiger charge is 2.10. The maximum atomic E-state index is 12.2. The number of hydrogen-bond donors (Lipinski definition) is 2. The zero-order chi connectivity index (χ0) is 14.7. The number of carbonyl (C=O) groups is 1. The van der Waals surface area contributed by atoms with Gasteiger partial charge in [-0.15, -0.1) is 0 Å². The maximum Gasteiger partial charge on any atom is 0.270 e. The zero-order valence-corrected chi connectivity index (χ0v) is 11.3. The molecule has 0 aliphatic heterocycles. The van der Waals surface area contributed by atoms with E-state index in [2.05, 4.69) is 15.3 Å². The molecule has 1 aromatic carbocycles. The summed E-state index contributed by atoms with van der Waals surface area (Å²) in [5.74, 6) is 0.107. The molecule has 1 amide bonds. The molecule has 21 heavy (non-hydrogen) atoms. The highest BCUT2D eigenvalue weighted by Crippen LogP contribution is 2.19. The predicted octanol–water partition coefficient (Wildman–Crippen LogP) is 2.14. The second kappa shape index (κ2) is 5.58. The lowest BCUT2D eigenvalue weighted by atomic mass is 10.1. The number of nitrogens with two attached hydrogens (primary N) is 1. The topological polar surface area (TPSA) is 80.9 Å². The highest BCUT2D eigenvalue weighted by molar-refractivity contribution is 5.99. The molecule has 5 heteroatoms. The first kappa shape index (κ1) is 13.1. The van der Waals surface area contributed by atoms with E-state index in [4.69, 9.17) is 5.73 Å². The standard InChI is InChI=1S/C16H14N4O/c17-15-13-6-2-1-5-12(13)8-14(20-15)16(21)19-10-11-4-3-7-18-9-11/h1-9H,10H2,(H2,17,20)(H,19,21). The normalized spacial score (nSPS) is 10.5. The molecule has 2 heterocycles. The first-order valence-corrected chi connectivity index (χ1v) is 6.56. The van der Waals surface area contributed by atoms with E-state index in [1.807, 2.05) is 36.4 Å². The van der Waals surface area contributed by atoms with Crippen LogP contribution < -0.4 is 11.1 Å². The van der Waals surface area contributed by atoms with Crippen LogP contribution in [-0.4, -0.2) is 15.9 Å². The number of rotatable bonds is 3. The summed E-state index contributed by atoms with van der Waals surface area (Å²) >= 11 is 0. The molecule has 0 spiro atoms. The Morgan fingerprint density at radius 2 is 2.05 bits per heavy atom. The SMILES string of the molecule is Nc1nc(C(=O)NCc2cccnc2)cc2ccccc12. The molecular weight excluding hydrogens is 264 g/mol. The summed E-state index contributed by atoms with van der Waals surface area (Å²) in [6.07, 6.45) is 3.40. The van der Waals surface area contributed by atoms with Gasteiger partial charge in [0.05, 0.1) is 0 Å². The Hall–Kier alpha value is -2.95. The van der Waals surface area contributed by atoms with Gasteiger partial charge in [-0.2, -0.15) is 0 Å². The van der Waals surface area contributed by atoms with Crippen molar-refractivity contribution >= 4 is 22.5 Å². The molecular formula is C16H14N4O. The minimum absolute atomic E-state index is 0.253. The molecule has 0 bridgehead atoms. The van der Waals surface area contributed by atoms with Crippen molar-refractivity contribution in [1.29, 1.82) is 0 Å². The fourth-order valence-corrected chi connectivity index (χ4v) is 2.12. The van der Waals surface area contributed by atoms with Crippen LogP contribution in [0.5, 0.6) is 0 Å². The van der Waals surface area contributed by atoms with E-state index in [1.54, 1.807) is 18.5 Å². The van der Waals surface area contributed by atoms with E-state index < -0.39 is 0 Å². The van der Waals surface area contributed by atoms with E-state index in [9.17, 15) is 4.79 Å². The van der Waals surface area contributed by atoms with Gasteiger partial charge >= 0.3 is 0 Å². The monoisotopic (exact) mass is 278 g/mol. The van der Waals surface area contributed by atoms with Crippen LogP contribution >= 0.6 is 0 Å². The predicted molar refractivity (Wildman–Crippen MR) is 81.6 cm³/mol. The van der Waals surface area contributed by atoms with Crippen LogP contribution in [0.2, 0.25) is 0 Å². The zero-order valence-electron chi connectivity index (χ0n) is 11.3. The number of anilines is 1. The fourth-order valence-electron chi connectivity index (χ4n) is 2.12. The average Bonchev–Trinajstić information content (AvgIpc) is 2.53. The second-order valence-electron chi connectivity index (χ2n) is 4.66. The number of hydrogen-bond acceptors (Lipinski definition) is 4. The third kappa shape index (κ3) is 2.81. The van der Waals surface area contributed by atoms with E-state index >= 15 is 0 Å². The molecule has 3 aromatic rings. The quantitative estimate of drug-likeness (QED) is 0.769. The molecule has 0 saturated carbocycles. The first-order valence-electron chi connectivity index (χ1n) is 6.56. The molecule has 0 atom stereocenters. The number of pyridine rings is 2. The van der Waals surface area contributed by atoms with Crippen molar-refractivity contribution < 1.29 is 4.79 Å². The Morgan fingerprint density at radius 3 is 2.86 bits per heavy atom. The Bertz CT molecular complexity index is 787. The molecule has 104 valence electrons. The number of nitrogen functional groups attached to an aromatic ring is 1. The first-order chi connectivity index (χ1) is 10.2. The van der Waals surface area contributed by atoms with Gasteiger partial charge in [-0.25, -0.2) is 4.98 Å². The number of amides is 1. The molecule has 2 aromatic heterocycles. The van der Waals surface area contributed by atoms with Crippen molar-refractivity contribution in [2.75, 3.05) is 5.73 Å². The van der Waals surface area contributed by atoms with Crippen LogP contribution in [-0.2, 0) is 6.54 Å². The largest absolute Gasteiger partial charge is 0.383 e. The molecule has 5 nitrogen and oxygen atoms in total. The molecule has 0 saturated heterocycles. The van der Waals surface area contributed by atoms with Gasteiger partial charge in [0, 0.05) is 24.3 Å². The summed E-state index contributed by atoms with van der Waals surface area (Å²) in [6, 6.07) is 13.1. The Labute approximate surface area is 121 Å². The summed E-state index contributed by atoms with van der Waals surface area (Å²) in [5.41, 5.74) is 7.15. The molecule has 0 fully saturated rings. The number of carbonyl (C=O) groups excluding carboxylic acids is 1. The second-order valence-corrected chi connectivity index (χ2v) is 4.66. The molecule has 0 aliphatic rings. The van der Waals surface area contributed by atoms with E-state index in [0.29, 0.717) is 18.1 Å². The number of fused-ring (bicyclic) bond motifs is 1.